The van der Waals surface area contributed by atoms with Crippen molar-refractivity contribution in [3.05, 3.63) is 35.4 Å². The van der Waals surface area contributed by atoms with Crippen LogP contribution in [-0.2, 0) is 4.55 Å². The molecule has 0 saturated carbocycles. The fraction of sp³-hybridized carbons (Fsp3) is 0.111. The molecule has 0 fully saturated rings. The topological polar surface area (TPSA) is 0 Å². The zero-order chi connectivity index (χ0) is 7.40. The van der Waals surface area contributed by atoms with E-state index in [1.54, 1.807) is 0 Å². The summed E-state index contributed by atoms with van der Waals surface area (Å²) < 4.78 is 1.10. The minimum Gasteiger partial charge on any atom is -1.00 e. The van der Waals surface area contributed by atoms with Crippen LogP contribution >= 0.6 is 0 Å². The maximum absolute atomic E-state index is 5.19. The third-order valence-corrected chi connectivity index (χ3v) is 1.99. The van der Waals surface area contributed by atoms with Gasteiger partial charge in [-0.05, 0) is 0 Å². The van der Waals surface area contributed by atoms with Crippen molar-refractivity contribution in [2.75, 3.05) is 0 Å². The molecule has 0 aliphatic heterocycles. The first kappa shape index (κ1) is 11.0. The van der Waals surface area contributed by atoms with Gasteiger partial charge in [-0.25, -0.2) is 0 Å². The molecule has 0 nitrogen and oxygen atoms in total. The molecule has 0 radical (unpaired) electrons. The van der Waals surface area contributed by atoms with Crippen molar-refractivity contribution >= 4 is 21.7 Å². The van der Waals surface area contributed by atoms with Gasteiger partial charge in [-0.15, -0.1) is 0 Å². The molecule has 0 amide bonds. The van der Waals surface area contributed by atoms with Crippen LogP contribution in [0.2, 0.25) is 0 Å². The Kier molecular flexibility index (Phi) is 5.66. The summed E-state index contributed by atoms with van der Waals surface area (Å²) in [5, 5.41) is 0. The van der Waals surface area contributed by atoms with E-state index in [9.17, 15) is 0 Å². The molecule has 0 heterocycles. The van der Waals surface area contributed by atoms with E-state index in [1.165, 1.54) is 5.56 Å². The van der Waals surface area contributed by atoms with Crippen LogP contribution in [-0.4, -0.2) is 21.7 Å². The summed E-state index contributed by atoms with van der Waals surface area (Å²) in [6.07, 6.45) is 5.19. The van der Waals surface area contributed by atoms with Crippen LogP contribution in [0.5, 0.6) is 0 Å². The van der Waals surface area contributed by atoms with Crippen molar-refractivity contribution in [3.63, 3.8) is 0 Å². The molecule has 11 heavy (non-hydrogen) atoms. The Hall–Kier alpha value is 0.0262. The summed E-state index contributed by atoms with van der Waals surface area (Å²) >= 11 is 1.95. The molecule has 0 saturated heterocycles. The van der Waals surface area contributed by atoms with Gasteiger partial charge in [0.2, 0.25) is 0 Å². The Morgan fingerprint density at radius 1 is 1.27 bits per heavy atom. The summed E-state index contributed by atoms with van der Waals surface area (Å²) in [5.74, 6) is 2.58. The van der Waals surface area contributed by atoms with Gasteiger partial charge in [-0.2, -0.15) is 0 Å². The summed E-state index contributed by atoms with van der Waals surface area (Å²) in [7, 11) is 0. The van der Waals surface area contributed by atoms with E-state index >= 15 is 0 Å². The molecule has 0 N–H and O–H groups in total. The van der Waals surface area contributed by atoms with E-state index in [0.29, 0.717) is 0 Å². The van der Waals surface area contributed by atoms with Gasteiger partial charge >= 0.3 is 74.0 Å². The molecule has 1 rings (SSSR count). The van der Waals surface area contributed by atoms with Gasteiger partial charge < -0.3 is 17.0 Å². The van der Waals surface area contributed by atoms with E-state index < -0.39 is 0 Å². The van der Waals surface area contributed by atoms with Gasteiger partial charge in [-0.1, -0.05) is 0 Å². The van der Waals surface area contributed by atoms with E-state index in [0.717, 1.165) is 10.1 Å². The number of hydrogen-bond acceptors (Lipinski definition) is 0. The second-order valence-electron chi connectivity index (χ2n) is 2.09. The molecular weight excluding hydrogens is 212 g/mol. The van der Waals surface area contributed by atoms with Crippen LogP contribution < -0.4 is 17.0 Å². The third kappa shape index (κ3) is 3.28. The molecular formula is C9H7BrMg. The Morgan fingerprint density at radius 2 is 1.82 bits per heavy atom. The molecule has 52 valence electrons. The van der Waals surface area contributed by atoms with Crippen molar-refractivity contribution < 1.29 is 17.0 Å². The maximum atomic E-state index is 5.19. The minimum absolute atomic E-state index is 0. The first-order valence-corrected chi connectivity index (χ1v) is 4.21. The van der Waals surface area contributed by atoms with Crippen LogP contribution in [0.15, 0.2) is 24.3 Å². The Morgan fingerprint density at radius 3 is 2.18 bits per heavy atom. The first-order chi connectivity index (χ1) is 4.86. The Bertz CT molecular complexity index is 245. The molecule has 0 aliphatic rings. The average Bonchev–Trinajstić information content (AvgIpc) is 2.05. The zero-order valence-electron chi connectivity index (χ0n) is 6.18. The Balaban J connectivity index is 0.000001000. The summed E-state index contributed by atoms with van der Waals surface area (Å²) in [6.45, 7) is 0. The predicted molar refractivity (Wildman–Crippen MR) is 43.8 cm³/mol. The van der Waals surface area contributed by atoms with Crippen molar-refractivity contribution in [1.29, 1.82) is 0 Å². The quantitative estimate of drug-likeness (QED) is 0.392. The standard InChI is InChI=1S/C9H7.BrH.Mg/c1-3-9-6-4-8(2)5-7-9;;/h1,4-7H,2H2;1H;/q;;+1/p-1. The predicted octanol–water partition coefficient (Wildman–Crippen LogP) is -1.66. The molecule has 0 aliphatic carbocycles. The zero-order valence-corrected chi connectivity index (χ0v) is 9.18. The van der Waals surface area contributed by atoms with Gasteiger partial charge in [0.25, 0.3) is 0 Å². The van der Waals surface area contributed by atoms with Gasteiger partial charge in [0.15, 0.2) is 0 Å². The van der Waals surface area contributed by atoms with Crippen molar-refractivity contribution in [3.8, 4) is 12.3 Å². The molecule has 0 bridgehead atoms. The number of halogens is 1. The van der Waals surface area contributed by atoms with Crippen LogP contribution in [0.3, 0.4) is 0 Å². The Labute approximate surface area is 90.6 Å². The second-order valence-corrected chi connectivity index (χ2v) is 2.59. The largest absolute Gasteiger partial charge is 1.00 e. The number of rotatable bonds is 1. The summed E-state index contributed by atoms with van der Waals surface area (Å²) in [6, 6.07) is 8.09. The first-order valence-electron chi connectivity index (χ1n) is 3.21. The van der Waals surface area contributed by atoms with Gasteiger partial charge in [0.1, 0.15) is 0 Å². The molecule has 0 spiro atoms. The molecule has 0 aromatic heterocycles. The maximum Gasteiger partial charge on any atom is -1.00 e. The van der Waals surface area contributed by atoms with Crippen LogP contribution in [0, 0.1) is 12.3 Å². The van der Waals surface area contributed by atoms with Crippen molar-refractivity contribution in [2.24, 2.45) is 0 Å². The fourth-order valence-electron chi connectivity index (χ4n) is 0.768. The molecule has 1 aromatic carbocycles. The molecule has 0 atom stereocenters. The molecule has 1 aromatic rings. The smallest absolute Gasteiger partial charge is 1.00 e. The number of terminal acetylenes is 1. The molecule has 2 heteroatoms. The van der Waals surface area contributed by atoms with E-state index in [2.05, 4.69) is 18.1 Å². The summed E-state index contributed by atoms with van der Waals surface area (Å²) in [5.41, 5.74) is 2.30. The fourth-order valence-corrected chi connectivity index (χ4v) is 1.10. The van der Waals surface area contributed by atoms with Crippen LogP contribution in [0.1, 0.15) is 11.1 Å². The van der Waals surface area contributed by atoms with Crippen LogP contribution in [0.4, 0.5) is 0 Å². The van der Waals surface area contributed by atoms with Crippen LogP contribution in [0.25, 0.3) is 0 Å². The van der Waals surface area contributed by atoms with E-state index in [-0.39, 0.29) is 17.0 Å². The average molecular weight is 219 g/mol. The van der Waals surface area contributed by atoms with E-state index in [1.807, 2.05) is 33.8 Å². The van der Waals surface area contributed by atoms with Crippen molar-refractivity contribution in [2.45, 2.75) is 4.55 Å². The van der Waals surface area contributed by atoms with Gasteiger partial charge in [0, 0.05) is 0 Å². The minimum atomic E-state index is 0. The SMILES string of the molecule is C#Cc1ccc([CH2][Mg+])cc1.[Br-]. The van der Waals surface area contributed by atoms with E-state index in [4.69, 9.17) is 6.42 Å². The monoisotopic (exact) mass is 218 g/mol. The summed E-state index contributed by atoms with van der Waals surface area (Å²) in [4.78, 5) is 0. The third-order valence-electron chi connectivity index (χ3n) is 1.41. The van der Waals surface area contributed by atoms with Crippen molar-refractivity contribution in [1.82, 2.24) is 0 Å². The van der Waals surface area contributed by atoms with Gasteiger partial charge in [-0.3, -0.25) is 0 Å². The normalized spacial score (nSPS) is 8.09. The molecule has 0 unspecified atom stereocenters. The number of benzene rings is 1. The van der Waals surface area contributed by atoms with Gasteiger partial charge in [0.05, 0.1) is 0 Å². The number of hydrogen-bond donors (Lipinski definition) is 0. The second kappa shape index (κ2) is 5.65.